The number of nitrogens with one attached hydrogen (secondary N) is 2. The fourth-order valence-corrected chi connectivity index (χ4v) is 0.270. The smallest absolute Gasteiger partial charge is 0.169 e. The Morgan fingerprint density at radius 2 is 1.27 bits per heavy atom. The van der Waals surface area contributed by atoms with E-state index in [0.29, 0.717) is 26.2 Å². The van der Waals surface area contributed by atoms with Gasteiger partial charge in [-0.25, -0.2) is 0 Å². The fraction of sp³-hybridized carbons (Fsp3) is 1.00. The van der Waals surface area contributed by atoms with Crippen LogP contribution in [0.15, 0.2) is 0 Å². The van der Waals surface area contributed by atoms with Crippen LogP contribution >= 0.6 is 10.1 Å². The molecule has 0 aliphatic carbocycles. The maximum absolute atomic E-state index is 6.63. The van der Waals surface area contributed by atoms with E-state index in [2.05, 4.69) is 30.3 Å². The Bertz CT molecular complexity index is 37.7. The van der Waals surface area contributed by atoms with Crippen molar-refractivity contribution in [2.45, 2.75) is 0 Å². The average Bonchev–Trinajstić information content (AvgIpc) is 1.94. The van der Waals surface area contributed by atoms with Gasteiger partial charge < -0.3 is 29.1 Å². The second-order valence-corrected chi connectivity index (χ2v) is 1.17. The van der Waals surface area contributed by atoms with Crippen LogP contribution in [-0.4, -0.2) is 26.2 Å². The monoisotopic (exact) mass is 226 g/mol. The molecule has 0 aromatic rings. The topological polar surface area (TPSA) is 129 Å². The van der Waals surface area contributed by atoms with E-state index in [4.69, 9.17) is 11.5 Å². The van der Waals surface area contributed by atoms with Crippen molar-refractivity contribution in [3.05, 3.63) is 29.1 Å². The Kier molecular flexibility index (Phi) is 63.9. The minimum absolute atomic E-state index is 0. The zero-order chi connectivity index (χ0) is 7.54. The summed E-state index contributed by atoms with van der Waals surface area (Å²) in [5, 5.41) is 3.83. The van der Waals surface area contributed by atoms with E-state index in [0.717, 1.165) is 0 Å². The van der Waals surface area contributed by atoms with Crippen molar-refractivity contribution in [3.63, 3.8) is 0 Å². The summed E-state index contributed by atoms with van der Waals surface area (Å²) in [6.45, 7) is 1.91. The summed E-state index contributed by atoms with van der Waals surface area (Å²) < 4.78 is 0. The average molecular weight is 227 g/mol. The second-order valence-electron chi connectivity index (χ2n) is 1.17. The molecule has 0 aromatic heterocycles. The molecule has 7 heteroatoms. The Morgan fingerprint density at radius 3 is 1.45 bits per heavy atom. The van der Waals surface area contributed by atoms with Crippen LogP contribution in [0.25, 0.3) is 29.1 Å². The predicted molar refractivity (Wildman–Crippen MR) is 47.9 cm³/mol. The number of nitrogens with two attached hydrogens (primary N) is 2. The van der Waals surface area contributed by atoms with Crippen LogP contribution in [0.2, 0.25) is 0 Å². The minimum atomic E-state index is 0. The maximum atomic E-state index is 6.63. The molecular weight excluding hydrogens is 212 g/mol. The van der Waals surface area contributed by atoms with Crippen LogP contribution in [0.1, 0.15) is 0 Å². The van der Waals surface area contributed by atoms with E-state index in [1.807, 2.05) is 0 Å². The summed E-state index contributed by atoms with van der Waals surface area (Å²) in [4.78, 5) is 0. The third kappa shape index (κ3) is 37.1. The molecular formula is C4H14ClCoN5-3. The van der Waals surface area contributed by atoms with Gasteiger partial charge in [-0.2, -0.15) is 26.2 Å². The van der Waals surface area contributed by atoms with E-state index in [9.17, 15) is 0 Å². The first-order valence-electron chi connectivity index (χ1n) is 2.47. The summed E-state index contributed by atoms with van der Waals surface area (Å²) in [6, 6.07) is 0. The molecule has 0 radical (unpaired) electrons. The molecule has 0 saturated heterocycles. The van der Waals surface area contributed by atoms with Crippen molar-refractivity contribution in [1.82, 2.24) is 0 Å². The minimum Gasteiger partial charge on any atom is -0.693 e. The molecule has 0 amide bonds. The third-order valence-electron chi connectivity index (χ3n) is 0.540. The largest absolute Gasteiger partial charge is 0.693 e. The molecule has 5 nitrogen and oxygen atoms in total. The number of nitrogens with zero attached hydrogens (tertiary/aromatic N) is 1. The van der Waals surface area contributed by atoms with Gasteiger partial charge in [0.05, 0.1) is 0 Å². The van der Waals surface area contributed by atoms with Gasteiger partial charge in [-0.15, -0.1) is 0 Å². The summed E-state index contributed by atoms with van der Waals surface area (Å²) >= 11 is 3.03. The summed E-state index contributed by atoms with van der Waals surface area (Å²) in [5.74, 6) is 0. The number of halogens is 1. The van der Waals surface area contributed by atoms with Gasteiger partial charge in [0, 0.05) is 0 Å². The first-order valence-corrected chi connectivity index (χ1v) is 3.90. The van der Waals surface area contributed by atoms with Crippen molar-refractivity contribution < 1.29 is 14.8 Å². The molecule has 0 aliphatic rings. The van der Waals surface area contributed by atoms with Gasteiger partial charge in [-0.1, -0.05) is 0 Å². The summed E-state index contributed by atoms with van der Waals surface area (Å²) in [6.07, 6.45) is 0. The van der Waals surface area contributed by atoms with Gasteiger partial charge in [-0.05, 0) is 0 Å². The van der Waals surface area contributed by atoms with E-state index in [1.54, 1.807) is 0 Å². The number of rotatable bonds is 4. The molecule has 0 bridgehead atoms. The van der Waals surface area contributed by atoms with Crippen molar-refractivity contribution in [2.75, 3.05) is 26.2 Å². The van der Waals surface area contributed by atoms with Crippen molar-refractivity contribution >= 4 is 10.1 Å². The summed E-state index contributed by atoms with van der Waals surface area (Å²) in [7, 11) is 4.33. The van der Waals surface area contributed by atoms with Gasteiger partial charge in [0.25, 0.3) is 0 Å². The third-order valence-corrected chi connectivity index (χ3v) is 0.540. The summed E-state index contributed by atoms with van der Waals surface area (Å²) in [5.41, 5.74) is 13.3. The van der Waals surface area contributed by atoms with Crippen molar-refractivity contribution in [1.29, 1.82) is 0 Å². The number of hydrogen-bond acceptors (Lipinski definition) is 0. The standard InChI is InChI=1S/C4H10N3.ClH.Co.2H2N/c5-1-3-7-4-2-6;;;;/h5-6H,1-4H2;1H;;2*1H2/q-3;;+3;2*-1/p-1. The van der Waals surface area contributed by atoms with Crippen LogP contribution < -0.4 is 0 Å². The molecule has 0 aromatic carbocycles. The van der Waals surface area contributed by atoms with E-state index in [1.165, 1.54) is 0 Å². The first kappa shape index (κ1) is 22.6. The Balaban J connectivity index is -0.0000000564. The fourth-order valence-electron chi connectivity index (χ4n) is 0.270. The van der Waals surface area contributed by atoms with E-state index < -0.39 is 0 Å². The molecule has 0 aliphatic heterocycles. The van der Waals surface area contributed by atoms with Gasteiger partial charge >= 0.3 is 25.0 Å². The van der Waals surface area contributed by atoms with Gasteiger partial charge in [0.2, 0.25) is 0 Å². The van der Waals surface area contributed by atoms with Crippen LogP contribution in [0, 0.1) is 0 Å². The molecule has 0 atom stereocenters. The Morgan fingerprint density at radius 1 is 1.00 bits per heavy atom. The van der Waals surface area contributed by atoms with Crippen LogP contribution in [0.5, 0.6) is 0 Å². The maximum Gasteiger partial charge on any atom is -0.169 e. The molecule has 0 saturated carbocycles. The molecule has 0 heterocycles. The molecule has 0 spiro atoms. The van der Waals surface area contributed by atoms with Crippen molar-refractivity contribution in [3.8, 4) is 0 Å². The quantitative estimate of drug-likeness (QED) is 0.649. The van der Waals surface area contributed by atoms with E-state index >= 15 is 0 Å². The van der Waals surface area contributed by atoms with Gasteiger partial charge in [-0.3, -0.25) is 0 Å². The molecule has 74 valence electrons. The molecule has 0 unspecified atom stereocenters. The number of hydrogen-bond donors (Lipinski definition) is 0. The van der Waals surface area contributed by atoms with Crippen LogP contribution in [-0.2, 0) is 14.8 Å². The molecule has 6 N–H and O–H groups in total. The molecule has 11 heavy (non-hydrogen) atoms. The zero-order valence-corrected chi connectivity index (χ0v) is 7.94. The Hall–Kier alpha value is 0.596. The van der Waals surface area contributed by atoms with Gasteiger partial charge in [0.1, 0.15) is 0 Å². The SMILES string of the molecule is [Cl][Co+2].[NH-]CC[N-]CC[NH-].[NH2-].[NH2-]. The zero-order valence-electron chi connectivity index (χ0n) is 6.14. The molecule has 0 fully saturated rings. The Labute approximate surface area is 80.6 Å². The van der Waals surface area contributed by atoms with Crippen LogP contribution in [0.3, 0.4) is 0 Å². The van der Waals surface area contributed by atoms with Crippen molar-refractivity contribution in [2.24, 2.45) is 0 Å². The van der Waals surface area contributed by atoms with E-state index in [-0.39, 0.29) is 12.3 Å². The van der Waals surface area contributed by atoms with Crippen LogP contribution in [0.4, 0.5) is 0 Å². The van der Waals surface area contributed by atoms with Gasteiger partial charge in [0.15, 0.2) is 0 Å². The normalized spacial score (nSPS) is 6.55. The molecule has 0 rings (SSSR count). The second kappa shape index (κ2) is 31.2. The first-order chi connectivity index (χ1) is 4.41. The predicted octanol–water partition coefficient (Wildman–Crippen LogP) is 3.59.